The van der Waals surface area contributed by atoms with Gasteiger partial charge in [0.05, 0.1) is 25.4 Å². The Balaban J connectivity index is 2.19. The number of ether oxygens (including phenoxy) is 2. The first-order chi connectivity index (χ1) is 40.8. The van der Waals surface area contributed by atoms with E-state index >= 15 is 0 Å². The lowest BCUT2D eigenvalue weighted by Gasteiger charge is -2.40. The highest BCUT2D eigenvalue weighted by atomic mass is 16.7. The van der Waals surface area contributed by atoms with Crippen LogP contribution in [0.1, 0.15) is 296 Å². The number of allylic oxidation sites excluding steroid dienone is 17. The molecular formula is C74H129NO8. The van der Waals surface area contributed by atoms with Gasteiger partial charge in [0.2, 0.25) is 5.91 Å². The minimum atomic E-state index is -1.58. The largest absolute Gasteiger partial charge is 0.394 e. The summed E-state index contributed by atoms with van der Waals surface area (Å²) in [5.41, 5.74) is 0. The molecule has 6 N–H and O–H groups in total. The van der Waals surface area contributed by atoms with Gasteiger partial charge in [0.25, 0.3) is 0 Å². The van der Waals surface area contributed by atoms with Gasteiger partial charge in [-0.05, 0) is 89.9 Å². The summed E-state index contributed by atoms with van der Waals surface area (Å²) >= 11 is 0. The first kappa shape index (κ1) is 77.9. The summed E-state index contributed by atoms with van der Waals surface area (Å²) in [5.74, 6) is -0.200. The van der Waals surface area contributed by atoms with Gasteiger partial charge >= 0.3 is 0 Å². The highest BCUT2D eigenvalue weighted by Crippen LogP contribution is 2.23. The monoisotopic (exact) mass is 1160 g/mol. The topological polar surface area (TPSA) is 149 Å². The molecule has 0 bridgehead atoms. The van der Waals surface area contributed by atoms with Gasteiger partial charge in [0, 0.05) is 6.42 Å². The molecule has 1 fully saturated rings. The van der Waals surface area contributed by atoms with Gasteiger partial charge in [0.15, 0.2) is 6.29 Å². The summed E-state index contributed by atoms with van der Waals surface area (Å²) in [7, 11) is 0. The van der Waals surface area contributed by atoms with Crippen molar-refractivity contribution in [3.05, 3.63) is 109 Å². The van der Waals surface area contributed by atoms with Crippen molar-refractivity contribution in [1.29, 1.82) is 0 Å². The van der Waals surface area contributed by atoms with Crippen LogP contribution in [0, 0.1) is 0 Å². The number of carbonyl (C=O) groups is 1. The Bertz CT molecular complexity index is 1680. The fourth-order valence-electron chi connectivity index (χ4n) is 10.4. The normalized spacial score (nSPS) is 19.0. The van der Waals surface area contributed by atoms with E-state index in [1.54, 1.807) is 6.08 Å². The van der Waals surface area contributed by atoms with Crippen LogP contribution >= 0.6 is 0 Å². The van der Waals surface area contributed by atoms with Gasteiger partial charge < -0.3 is 40.3 Å². The third-order valence-corrected chi connectivity index (χ3v) is 15.8. The predicted octanol–water partition coefficient (Wildman–Crippen LogP) is 18.9. The average Bonchev–Trinajstić information content (AvgIpc) is 3.60. The minimum Gasteiger partial charge on any atom is -0.394 e. The van der Waals surface area contributed by atoms with Crippen molar-refractivity contribution in [2.45, 2.75) is 339 Å². The van der Waals surface area contributed by atoms with Crippen LogP contribution in [-0.4, -0.2) is 87.5 Å². The molecule has 9 heteroatoms. The van der Waals surface area contributed by atoms with E-state index in [1.807, 2.05) is 6.08 Å². The molecule has 1 amide bonds. The number of unbranched alkanes of at least 4 members (excludes halogenated alkanes) is 33. The lowest BCUT2D eigenvalue weighted by Crippen LogP contribution is -2.60. The fourth-order valence-corrected chi connectivity index (χ4v) is 10.4. The SMILES string of the molecule is CC/C=C\C/C=C\C/C=C\C/C=C\C/C=C\C/C=C\C/C=C\CCCCCCCCCC(=O)NC(COC1OC(CO)C(O)C(O)C1O)C(O)/C=C/CC/C=C/CCCCCCCCCCCCCCCCCCCCCCCCCCC. The molecule has 0 aromatic rings. The van der Waals surface area contributed by atoms with Gasteiger partial charge in [-0.25, -0.2) is 0 Å². The number of carbonyl (C=O) groups excluding carboxylic acids is 1. The summed E-state index contributed by atoms with van der Waals surface area (Å²) in [6, 6.07) is -0.838. The second-order valence-corrected chi connectivity index (χ2v) is 23.6. The zero-order valence-electron chi connectivity index (χ0n) is 53.4. The number of amides is 1. The van der Waals surface area contributed by atoms with Crippen LogP contribution in [0.4, 0.5) is 0 Å². The Kier molecular flexibility index (Phi) is 58.1. The second kappa shape index (κ2) is 61.9. The van der Waals surface area contributed by atoms with E-state index in [1.165, 1.54) is 180 Å². The van der Waals surface area contributed by atoms with Crippen LogP contribution in [0.5, 0.6) is 0 Å². The molecule has 0 radical (unpaired) electrons. The molecule has 0 aromatic carbocycles. The van der Waals surface area contributed by atoms with E-state index < -0.39 is 49.5 Å². The summed E-state index contributed by atoms with van der Waals surface area (Å²) < 4.78 is 11.3. The quantitative estimate of drug-likeness (QED) is 0.0261. The van der Waals surface area contributed by atoms with Crippen molar-refractivity contribution < 1.29 is 39.8 Å². The first-order valence-corrected chi connectivity index (χ1v) is 34.6. The standard InChI is InChI=1S/C74H129NO8/c1-3-5-7-9-11-13-15-17-19-21-23-25-27-29-31-33-34-36-37-39-41-43-45-47-49-51-53-55-57-59-61-63-68(77)67(66-82-74-73(81)72(80)71(79)69(65-76)83-74)75-70(78)64-62-60-58-56-54-52-50-48-46-44-42-40-38-35-32-30-28-26-24-22-20-18-16-14-12-10-8-6-4-2/h6,8,12,14,18,20,24,26,30,32,38,40,44,46,53,55,61,63,67-69,71-74,76-77,79-81H,3-5,7,9-11,13,15-17,19,21-23,25,27-29,31,33-37,39,41-43,45,47-52,54,56-60,62,64-66H2,1-2H3,(H,75,78)/b8-6-,14-12-,20-18-,26-24-,32-30-,40-38-,46-44-,55-53+,63-61+. The Labute approximate surface area is 510 Å². The van der Waals surface area contributed by atoms with E-state index in [4.69, 9.17) is 9.47 Å². The third-order valence-electron chi connectivity index (χ3n) is 15.8. The van der Waals surface area contributed by atoms with Crippen molar-refractivity contribution in [1.82, 2.24) is 5.32 Å². The lowest BCUT2D eigenvalue weighted by molar-refractivity contribution is -0.302. The maximum atomic E-state index is 13.1. The maximum absolute atomic E-state index is 13.1. The van der Waals surface area contributed by atoms with Gasteiger partial charge in [0.1, 0.15) is 24.4 Å². The first-order valence-electron chi connectivity index (χ1n) is 34.6. The van der Waals surface area contributed by atoms with E-state index in [9.17, 15) is 30.3 Å². The second-order valence-electron chi connectivity index (χ2n) is 23.6. The number of aliphatic hydroxyl groups is 5. The zero-order valence-corrected chi connectivity index (χ0v) is 53.4. The van der Waals surface area contributed by atoms with Crippen LogP contribution in [0.2, 0.25) is 0 Å². The number of hydrogen-bond acceptors (Lipinski definition) is 8. The van der Waals surface area contributed by atoms with Crippen molar-refractivity contribution >= 4 is 5.91 Å². The van der Waals surface area contributed by atoms with Gasteiger partial charge in [-0.3, -0.25) is 4.79 Å². The van der Waals surface area contributed by atoms with Crippen LogP contribution in [0.25, 0.3) is 0 Å². The molecule has 0 saturated carbocycles. The van der Waals surface area contributed by atoms with Crippen LogP contribution in [0.15, 0.2) is 109 Å². The molecule has 0 aliphatic carbocycles. The van der Waals surface area contributed by atoms with Gasteiger partial charge in [-0.1, -0.05) is 309 Å². The van der Waals surface area contributed by atoms with E-state index in [-0.39, 0.29) is 12.5 Å². The molecular weight excluding hydrogens is 1030 g/mol. The summed E-state index contributed by atoms with van der Waals surface area (Å²) in [6.07, 6.45) is 84.7. The molecule has 7 unspecified atom stereocenters. The number of rotatable bonds is 59. The Hall–Kier alpha value is -3.15. The summed E-state index contributed by atoms with van der Waals surface area (Å²) in [4.78, 5) is 13.1. The number of hydrogen-bond donors (Lipinski definition) is 6. The van der Waals surface area contributed by atoms with Crippen molar-refractivity contribution in [3.8, 4) is 0 Å². The van der Waals surface area contributed by atoms with Gasteiger partial charge in [-0.15, -0.1) is 0 Å². The van der Waals surface area contributed by atoms with Crippen LogP contribution < -0.4 is 5.32 Å². The van der Waals surface area contributed by atoms with Crippen molar-refractivity contribution in [2.24, 2.45) is 0 Å². The lowest BCUT2D eigenvalue weighted by atomic mass is 9.99. The molecule has 1 heterocycles. The summed E-state index contributed by atoms with van der Waals surface area (Å²) in [6.45, 7) is 3.67. The van der Waals surface area contributed by atoms with Gasteiger partial charge in [-0.2, -0.15) is 0 Å². The van der Waals surface area contributed by atoms with Crippen molar-refractivity contribution in [2.75, 3.05) is 13.2 Å². The minimum absolute atomic E-state index is 0.200. The maximum Gasteiger partial charge on any atom is 0.220 e. The molecule has 1 aliphatic heterocycles. The molecule has 1 saturated heterocycles. The smallest absolute Gasteiger partial charge is 0.220 e. The van der Waals surface area contributed by atoms with Crippen molar-refractivity contribution in [3.63, 3.8) is 0 Å². The van der Waals surface area contributed by atoms with E-state index in [0.29, 0.717) is 6.42 Å². The zero-order chi connectivity index (χ0) is 60.0. The molecule has 478 valence electrons. The Morgan fingerprint density at radius 2 is 0.759 bits per heavy atom. The number of aliphatic hydroxyl groups excluding tert-OH is 5. The number of nitrogens with one attached hydrogen (secondary N) is 1. The molecule has 9 nitrogen and oxygen atoms in total. The highest BCUT2D eigenvalue weighted by molar-refractivity contribution is 5.76. The van der Waals surface area contributed by atoms with E-state index in [0.717, 1.165) is 96.3 Å². The van der Waals surface area contributed by atoms with E-state index in [2.05, 4.69) is 116 Å². The molecule has 1 rings (SSSR count). The molecule has 7 atom stereocenters. The Morgan fingerprint density at radius 3 is 1.16 bits per heavy atom. The molecule has 1 aliphatic rings. The molecule has 0 aromatic heterocycles. The summed E-state index contributed by atoms with van der Waals surface area (Å²) in [5, 5.41) is 54.7. The molecule has 0 spiro atoms. The fraction of sp³-hybridized carbons (Fsp3) is 0.743. The van der Waals surface area contributed by atoms with Crippen LogP contribution in [0.3, 0.4) is 0 Å². The highest BCUT2D eigenvalue weighted by Gasteiger charge is 2.44. The van der Waals surface area contributed by atoms with Crippen LogP contribution in [-0.2, 0) is 14.3 Å². The average molecular weight is 1160 g/mol. The Morgan fingerprint density at radius 1 is 0.422 bits per heavy atom. The third kappa shape index (κ3) is 50.7. The predicted molar refractivity (Wildman–Crippen MR) is 354 cm³/mol. The molecule has 83 heavy (non-hydrogen) atoms.